The lowest BCUT2D eigenvalue weighted by atomic mass is 9.86. The van der Waals surface area contributed by atoms with Gasteiger partial charge in [0.25, 0.3) is 11.6 Å². The smallest absolute Gasteiger partial charge is 0.364 e. The Labute approximate surface area is 779 Å². The standard InChI is InChI=1S/C91H161N3O39/c1-6-8-10-12-14-16-18-20-21-22-23-24-25-26-27-29-31-33-35-37-39-41-66(109)94-56(57(104)40-38-36-34-32-30-28-19-17-15-13-11-9-7-2)51-122-85-74(115)73(114)78(64(49-99)125-85)128-87-76(117)83(133-91(89(120)121)44-59(106)68(93-54(5)103)81(131-91)70(111)61(108)46-96)79(65(50-100)126-87)129-84-55(42-52(3)101)77(71(112)62(47-97)123-84)127-86-75(116)82(72(113)63(48-98)124-86)132-90(88(118)119)43-58(105)67(92-53(4)102)80(130-90)69(110)60(107)45-95/h38,40,55-65,67-87,95-100,104-108,110-117H,6-37,39,41-51H2,1-5H3,(H,92,102)(H,93,103)(H,94,109)(H,118,119)(H,120,121)/b40-38+/t55-,56+,57-,58+,59+,60-,61-,62-,63-,64-,65-,67-,68-,69-,70-,71+,72+,73-,74-,75-,76-,77-,78-,79+,80?,81?,82+,83-,84+,85-,86+,87+,90+,91+/m1/s1. The van der Waals surface area contributed by atoms with Crippen molar-refractivity contribution in [1.29, 1.82) is 0 Å². The molecule has 0 aromatic heterocycles. The van der Waals surface area contributed by atoms with Crippen LogP contribution in [0.1, 0.15) is 272 Å². The number of aliphatic hydroxyl groups is 19. The Balaban J connectivity index is 1.25. The van der Waals surface area contributed by atoms with E-state index in [4.69, 9.17) is 56.8 Å². The number of unbranched alkanes of at least 4 members (excludes halogenated alkanes) is 31. The van der Waals surface area contributed by atoms with E-state index in [1.807, 2.05) is 0 Å². The molecule has 42 nitrogen and oxygen atoms in total. The van der Waals surface area contributed by atoms with Crippen LogP contribution < -0.4 is 16.0 Å². The van der Waals surface area contributed by atoms with Gasteiger partial charge in [-0.2, -0.15) is 0 Å². The number of ketones is 1. The summed E-state index contributed by atoms with van der Waals surface area (Å²) in [5.74, 6) is -16.1. The molecule has 42 heteroatoms. The number of aliphatic hydroxyl groups excluding tert-OH is 19. The first kappa shape index (κ1) is 117. The normalized spacial score (nSPS) is 34.1. The fourth-order valence-corrected chi connectivity index (χ4v) is 18.2. The maximum atomic E-state index is 14.1. The number of amides is 3. The number of rotatable bonds is 66. The van der Waals surface area contributed by atoms with E-state index in [9.17, 15) is 136 Å². The Bertz CT molecular complexity index is 3310. The number of hydrogen-bond acceptors (Lipinski definition) is 37. The quantitative estimate of drug-likeness (QED) is 0.0271. The number of nitrogens with one attached hydrogen (secondary N) is 3. The van der Waals surface area contributed by atoms with Crippen LogP contribution in [0.2, 0.25) is 0 Å². The van der Waals surface area contributed by atoms with Gasteiger partial charge in [-0.15, -0.1) is 0 Å². The van der Waals surface area contributed by atoms with E-state index >= 15 is 0 Å². The molecule has 6 aliphatic rings. The van der Waals surface area contributed by atoms with Crippen LogP contribution in [0, 0.1) is 5.92 Å². The molecule has 3 amide bonds. The van der Waals surface area contributed by atoms with Crippen molar-refractivity contribution in [2.75, 3.05) is 46.2 Å². The topological polar surface area (TPSA) is 674 Å². The SMILES string of the molecule is CCCCCCCCCCCCC/C=C/[C@@H](O)[C@H](CO[C@@H]1O[C@H](CO)[C@@H](O[C@@H]2O[C@H](CO)[C@H](O[C@@H]3O[C@H](CO)[C@H](O)[C@H](O[C@@H]4O[C@H](CO)[C@H](O)[C@H](O[C@]5(C(=O)O)C[C@H](O)[C@@H](NC(C)=O)C([C@H](O)[C@H](O)CO)O5)[C@H]4O)[C@H]3CC(C)=O)[C@H](O[C@]3(C(=O)O)C[C@H](O)[C@@H](NC(C)=O)C([C@H](O)[C@H](O)CO)O3)[C@H]2O)[C@H](O)[C@H]1O)NC(=O)CCCCCCCCCCCCCCCCCCCCCCC. The van der Waals surface area contributed by atoms with Crippen LogP contribution in [-0.2, 0) is 85.6 Å². The number of carbonyl (C=O) groups excluding carboxylic acids is 4. The van der Waals surface area contributed by atoms with Crippen LogP contribution in [0.4, 0.5) is 0 Å². The summed E-state index contributed by atoms with van der Waals surface area (Å²) in [6.45, 7) is -0.588. The average molecular weight is 1920 g/mol. The summed E-state index contributed by atoms with van der Waals surface area (Å²) in [4.78, 5) is 79.9. The first-order valence-electron chi connectivity index (χ1n) is 48.4. The zero-order valence-electron chi connectivity index (χ0n) is 78.0. The lowest BCUT2D eigenvalue weighted by molar-refractivity contribution is -0.408. The third-order valence-corrected chi connectivity index (χ3v) is 25.9. The Morgan fingerprint density at radius 1 is 0.414 bits per heavy atom. The third kappa shape index (κ3) is 35.9. The molecule has 774 valence electrons. The molecule has 0 saturated carbocycles. The van der Waals surface area contributed by atoms with E-state index in [1.165, 1.54) is 141 Å². The molecule has 6 fully saturated rings. The van der Waals surface area contributed by atoms with Crippen molar-refractivity contribution in [1.82, 2.24) is 16.0 Å². The summed E-state index contributed by atoms with van der Waals surface area (Å²) in [5.41, 5.74) is 0. The van der Waals surface area contributed by atoms with Gasteiger partial charge in [0.05, 0.1) is 88.8 Å². The van der Waals surface area contributed by atoms with Crippen LogP contribution in [-0.4, -0.2) is 390 Å². The van der Waals surface area contributed by atoms with Gasteiger partial charge in [0.1, 0.15) is 128 Å². The van der Waals surface area contributed by atoms with Gasteiger partial charge in [-0.25, -0.2) is 9.59 Å². The van der Waals surface area contributed by atoms with E-state index in [2.05, 4.69) is 29.8 Å². The molecule has 34 atom stereocenters. The van der Waals surface area contributed by atoms with Gasteiger partial charge in [-0.1, -0.05) is 219 Å². The van der Waals surface area contributed by atoms with Crippen molar-refractivity contribution in [2.24, 2.45) is 5.92 Å². The highest BCUT2D eigenvalue weighted by atomic mass is 16.8. The number of hydrogen-bond donors (Lipinski definition) is 24. The first-order chi connectivity index (χ1) is 63.6. The molecule has 6 saturated heterocycles. The van der Waals surface area contributed by atoms with Crippen molar-refractivity contribution in [2.45, 2.75) is 474 Å². The van der Waals surface area contributed by atoms with Crippen LogP contribution in [0.15, 0.2) is 12.2 Å². The molecule has 0 aromatic rings. The fraction of sp³-hybridized carbons (Fsp3) is 0.912. The Kier molecular flexibility index (Phi) is 54.0. The Morgan fingerprint density at radius 3 is 1.18 bits per heavy atom. The highest BCUT2D eigenvalue weighted by Crippen LogP contribution is 2.45. The molecule has 133 heavy (non-hydrogen) atoms. The van der Waals surface area contributed by atoms with Crippen molar-refractivity contribution in [3.8, 4) is 0 Å². The lowest BCUT2D eigenvalue weighted by Crippen LogP contribution is -2.71. The van der Waals surface area contributed by atoms with Gasteiger partial charge < -0.3 is 185 Å². The predicted octanol–water partition coefficient (Wildman–Crippen LogP) is -0.437. The Morgan fingerprint density at radius 2 is 0.774 bits per heavy atom. The zero-order valence-corrected chi connectivity index (χ0v) is 78.0. The van der Waals surface area contributed by atoms with Gasteiger partial charge in [0.15, 0.2) is 25.2 Å². The molecule has 6 heterocycles. The van der Waals surface area contributed by atoms with Gasteiger partial charge in [-0.3, -0.25) is 14.4 Å². The van der Waals surface area contributed by atoms with Crippen LogP contribution in [0.25, 0.3) is 0 Å². The lowest BCUT2D eigenvalue weighted by Gasteiger charge is -2.53. The third-order valence-electron chi connectivity index (χ3n) is 25.9. The van der Waals surface area contributed by atoms with Crippen LogP contribution in [0.5, 0.6) is 0 Å². The van der Waals surface area contributed by atoms with E-state index in [1.54, 1.807) is 6.08 Å². The molecule has 6 rings (SSSR count). The largest absolute Gasteiger partial charge is 0.477 e. The summed E-state index contributed by atoms with van der Waals surface area (Å²) < 4.78 is 72.8. The molecular weight excluding hydrogens is 1760 g/mol. The van der Waals surface area contributed by atoms with E-state index < -0.39 is 308 Å². The second-order valence-corrected chi connectivity index (χ2v) is 36.7. The summed E-state index contributed by atoms with van der Waals surface area (Å²) in [6, 6.07) is -4.77. The highest BCUT2D eigenvalue weighted by molar-refractivity contribution is 5.78. The number of ether oxygens (including phenoxy) is 12. The summed E-state index contributed by atoms with van der Waals surface area (Å²) in [5, 5.41) is 246. The highest BCUT2D eigenvalue weighted by Gasteiger charge is 2.64. The monoisotopic (exact) mass is 1920 g/mol. The maximum Gasteiger partial charge on any atom is 0.364 e. The summed E-state index contributed by atoms with van der Waals surface area (Å²) in [6.07, 6.45) is -24.1. The number of carboxylic acids is 2. The van der Waals surface area contributed by atoms with Crippen molar-refractivity contribution in [3.63, 3.8) is 0 Å². The second-order valence-electron chi connectivity index (χ2n) is 36.7. The molecule has 0 bridgehead atoms. The maximum absolute atomic E-state index is 14.1. The van der Waals surface area contributed by atoms with Gasteiger partial charge >= 0.3 is 11.9 Å². The van der Waals surface area contributed by atoms with Crippen molar-refractivity contribution in [3.05, 3.63) is 12.2 Å². The fourth-order valence-electron chi connectivity index (χ4n) is 18.2. The average Bonchev–Trinajstić information content (AvgIpc) is 0.749. The summed E-state index contributed by atoms with van der Waals surface area (Å²) >= 11 is 0. The minimum Gasteiger partial charge on any atom is -0.477 e. The molecular formula is C91H161N3O39. The van der Waals surface area contributed by atoms with Crippen molar-refractivity contribution >= 4 is 35.4 Å². The van der Waals surface area contributed by atoms with Gasteiger partial charge in [0, 0.05) is 45.4 Å². The first-order valence-corrected chi connectivity index (χ1v) is 48.4. The number of aliphatic carboxylic acids is 2. The van der Waals surface area contributed by atoms with Gasteiger partial charge in [-0.05, 0) is 26.2 Å². The van der Waals surface area contributed by atoms with Crippen molar-refractivity contribution < 1.29 is 193 Å². The zero-order chi connectivity index (χ0) is 98.1. The molecule has 0 radical (unpaired) electrons. The number of allylic oxidation sites excluding steroid dienone is 1. The molecule has 0 spiro atoms. The molecule has 0 aromatic carbocycles. The van der Waals surface area contributed by atoms with E-state index in [-0.39, 0.29) is 6.42 Å². The predicted molar refractivity (Wildman–Crippen MR) is 469 cm³/mol. The number of carbonyl (C=O) groups is 6. The van der Waals surface area contributed by atoms with E-state index in [0.29, 0.717) is 12.8 Å². The molecule has 24 N–H and O–H groups in total. The molecule has 2 unspecified atom stereocenters. The number of Topliss-reactive ketones (excluding diaryl/α,β-unsaturated/α-hetero) is 1. The second kappa shape index (κ2) is 61.3. The molecule has 0 aliphatic carbocycles. The van der Waals surface area contributed by atoms with Crippen LogP contribution in [0.3, 0.4) is 0 Å². The number of carboxylic acid groups (broad SMARTS) is 2. The van der Waals surface area contributed by atoms with Crippen LogP contribution >= 0.6 is 0 Å². The summed E-state index contributed by atoms with van der Waals surface area (Å²) in [7, 11) is 0. The van der Waals surface area contributed by atoms with E-state index in [0.717, 1.165) is 85.0 Å². The van der Waals surface area contributed by atoms with Gasteiger partial charge in [0.2, 0.25) is 17.7 Å². The minimum atomic E-state index is -3.49. The Hall–Kier alpha value is -4.48. The minimum absolute atomic E-state index is 0.0987. The molecule has 6 aliphatic heterocycles.